The molecule has 1 fully saturated rings. The molecule has 0 radical (unpaired) electrons. The molecule has 1 aromatic carbocycles. The molecule has 1 aliphatic rings. The molecule has 1 amide bonds. The Morgan fingerprint density at radius 3 is 2.63 bits per heavy atom. The number of nitrogens with zero attached hydrogens (tertiary/aromatic N) is 1. The highest BCUT2D eigenvalue weighted by atomic mass is 32.2. The smallest absolute Gasteiger partial charge is 0.227 e. The van der Waals surface area contributed by atoms with Gasteiger partial charge in [0.1, 0.15) is 9.84 Å². The second-order valence-corrected chi connectivity index (χ2v) is 6.91. The largest absolute Gasteiger partial charge is 0.326 e. The number of hydrogen-bond acceptors (Lipinski definition) is 4. The van der Waals surface area contributed by atoms with Crippen LogP contribution < -0.4 is 5.32 Å². The van der Waals surface area contributed by atoms with Crippen molar-refractivity contribution in [2.24, 2.45) is 5.92 Å². The zero-order valence-electron chi connectivity index (χ0n) is 10.3. The third kappa shape index (κ3) is 3.55. The van der Waals surface area contributed by atoms with E-state index >= 15 is 0 Å². The molecule has 0 aliphatic carbocycles. The first kappa shape index (κ1) is 13.6. The van der Waals surface area contributed by atoms with Gasteiger partial charge >= 0.3 is 0 Å². The number of rotatable bonds is 2. The Morgan fingerprint density at radius 2 is 2.00 bits per heavy atom. The summed E-state index contributed by atoms with van der Waals surface area (Å²) in [4.78, 5) is 12.0. The Morgan fingerprint density at radius 1 is 1.32 bits per heavy atom. The summed E-state index contributed by atoms with van der Waals surface area (Å²) in [6.07, 6.45) is 0.734. The van der Waals surface area contributed by atoms with Gasteiger partial charge in [-0.05, 0) is 31.0 Å². The zero-order valence-corrected chi connectivity index (χ0v) is 11.1. The molecule has 1 aromatic rings. The van der Waals surface area contributed by atoms with Crippen molar-refractivity contribution in [2.75, 3.05) is 16.8 Å². The molecule has 1 saturated heterocycles. The lowest BCUT2D eigenvalue weighted by atomic mass is 10.0. The monoisotopic (exact) mass is 278 g/mol. The second kappa shape index (κ2) is 5.41. The molecule has 0 aromatic heterocycles. The van der Waals surface area contributed by atoms with Crippen molar-refractivity contribution in [1.29, 1.82) is 5.26 Å². The average Bonchev–Trinajstić information content (AvgIpc) is 2.38. The SMILES string of the molecule is N#Cc1cccc(NC(=O)C2CCS(=O)(=O)CC2)c1. The van der Waals surface area contributed by atoms with E-state index in [1.54, 1.807) is 24.3 Å². The van der Waals surface area contributed by atoms with Gasteiger partial charge in [-0.3, -0.25) is 4.79 Å². The van der Waals surface area contributed by atoms with E-state index in [1.165, 1.54) is 0 Å². The van der Waals surface area contributed by atoms with Crippen LogP contribution in [0.5, 0.6) is 0 Å². The minimum atomic E-state index is -2.96. The van der Waals surface area contributed by atoms with Gasteiger partial charge in [0, 0.05) is 11.6 Å². The van der Waals surface area contributed by atoms with Crippen LogP contribution >= 0.6 is 0 Å². The fourth-order valence-electron chi connectivity index (χ4n) is 2.06. The van der Waals surface area contributed by atoms with E-state index in [4.69, 9.17) is 5.26 Å². The molecular weight excluding hydrogens is 264 g/mol. The highest BCUT2D eigenvalue weighted by Gasteiger charge is 2.28. The van der Waals surface area contributed by atoms with Gasteiger partial charge < -0.3 is 5.32 Å². The Balaban J connectivity index is 2.00. The molecule has 1 heterocycles. The molecule has 0 unspecified atom stereocenters. The van der Waals surface area contributed by atoms with Crippen LogP contribution in [-0.4, -0.2) is 25.8 Å². The van der Waals surface area contributed by atoms with Crippen molar-refractivity contribution < 1.29 is 13.2 Å². The predicted molar refractivity (Wildman–Crippen MR) is 71.2 cm³/mol. The second-order valence-electron chi connectivity index (χ2n) is 4.61. The van der Waals surface area contributed by atoms with Crippen molar-refractivity contribution in [3.63, 3.8) is 0 Å². The topological polar surface area (TPSA) is 87.0 Å². The van der Waals surface area contributed by atoms with Gasteiger partial charge in [0.15, 0.2) is 0 Å². The van der Waals surface area contributed by atoms with Crippen molar-refractivity contribution >= 4 is 21.4 Å². The molecule has 0 saturated carbocycles. The Hall–Kier alpha value is -1.87. The average molecular weight is 278 g/mol. The van der Waals surface area contributed by atoms with Gasteiger partial charge in [-0.2, -0.15) is 5.26 Å². The molecule has 6 heteroatoms. The summed E-state index contributed by atoms with van der Waals surface area (Å²) in [5, 5.41) is 11.5. The molecule has 19 heavy (non-hydrogen) atoms. The number of carbonyl (C=O) groups excluding carboxylic acids is 1. The maximum atomic E-state index is 12.0. The number of anilines is 1. The van der Waals surface area contributed by atoms with Gasteiger partial charge in [0.25, 0.3) is 0 Å². The summed E-state index contributed by atoms with van der Waals surface area (Å²) >= 11 is 0. The van der Waals surface area contributed by atoms with Gasteiger partial charge in [-0.1, -0.05) is 6.07 Å². The van der Waals surface area contributed by atoms with Gasteiger partial charge in [0.2, 0.25) is 5.91 Å². The molecule has 2 rings (SSSR count). The number of sulfone groups is 1. The number of carbonyl (C=O) groups is 1. The molecule has 1 N–H and O–H groups in total. The minimum Gasteiger partial charge on any atom is -0.326 e. The molecule has 5 nitrogen and oxygen atoms in total. The number of amides is 1. The third-order valence-electron chi connectivity index (χ3n) is 3.18. The van der Waals surface area contributed by atoms with Crippen LogP contribution in [0.25, 0.3) is 0 Å². The van der Waals surface area contributed by atoms with Crippen molar-refractivity contribution in [3.05, 3.63) is 29.8 Å². The summed E-state index contributed by atoms with van der Waals surface area (Å²) in [7, 11) is -2.96. The Labute approximate surface area is 112 Å². The highest BCUT2D eigenvalue weighted by molar-refractivity contribution is 7.91. The molecule has 1 aliphatic heterocycles. The molecular formula is C13H14N2O3S. The quantitative estimate of drug-likeness (QED) is 0.883. The fourth-order valence-corrected chi connectivity index (χ4v) is 3.55. The van der Waals surface area contributed by atoms with Crippen molar-refractivity contribution in [2.45, 2.75) is 12.8 Å². The van der Waals surface area contributed by atoms with Crippen LogP contribution in [0.3, 0.4) is 0 Å². The van der Waals surface area contributed by atoms with E-state index in [2.05, 4.69) is 5.32 Å². The Bertz CT molecular complexity index is 618. The summed E-state index contributed by atoms with van der Waals surface area (Å²) < 4.78 is 22.6. The lowest BCUT2D eigenvalue weighted by Gasteiger charge is -2.21. The molecule has 100 valence electrons. The first-order valence-electron chi connectivity index (χ1n) is 6.01. The highest BCUT2D eigenvalue weighted by Crippen LogP contribution is 2.21. The van der Waals surface area contributed by atoms with E-state index in [1.807, 2.05) is 6.07 Å². The maximum Gasteiger partial charge on any atom is 0.227 e. The lowest BCUT2D eigenvalue weighted by Crippen LogP contribution is -2.31. The van der Waals surface area contributed by atoms with E-state index in [9.17, 15) is 13.2 Å². The van der Waals surface area contributed by atoms with Crippen LogP contribution in [0.1, 0.15) is 18.4 Å². The number of nitrogens with one attached hydrogen (secondary N) is 1. The van der Waals surface area contributed by atoms with Crippen LogP contribution in [0, 0.1) is 17.2 Å². The maximum absolute atomic E-state index is 12.0. The predicted octanol–water partition coefficient (Wildman–Crippen LogP) is 1.32. The van der Waals surface area contributed by atoms with E-state index in [-0.39, 0.29) is 23.3 Å². The Kier molecular flexibility index (Phi) is 3.86. The van der Waals surface area contributed by atoms with Crippen LogP contribution in [-0.2, 0) is 14.6 Å². The fraction of sp³-hybridized carbons (Fsp3) is 0.385. The number of benzene rings is 1. The van der Waals surface area contributed by atoms with Gasteiger partial charge in [0.05, 0.1) is 23.1 Å². The summed E-state index contributed by atoms with van der Waals surface area (Å²) in [5.74, 6) is -0.300. The standard InChI is InChI=1S/C13H14N2O3S/c14-9-10-2-1-3-12(8-10)15-13(16)11-4-6-19(17,18)7-5-11/h1-3,8,11H,4-7H2,(H,15,16). The normalized spacial score (nSPS) is 18.5. The van der Waals surface area contributed by atoms with E-state index < -0.39 is 9.84 Å². The van der Waals surface area contributed by atoms with Gasteiger partial charge in [-0.15, -0.1) is 0 Å². The number of hydrogen-bond donors (Lipinski definition) is 1. The zero-order chi connectivity index (χ0) is 13.9. The summed E-state index contributed by atoms with van der Waals surface area (Å²) in [6.45, 7) is 0. The number of nitriles is 1. The molecule has 0 spiro atoms. The van der Waals surface area contributed by atoms with E-state index in [0.717, 1.165) is 0 Å². The molecule has 0 bridgehead atoms. The summed E-state index contributed by atoms with van der Waals surface area (Å²) in [5.41, 5.74) is 1.04. The van der Waals surface area contributed by atoms with Crippen LogP contribution in [0.2, 0.25) is 0 Å². The summed E-state index contributed by atoms with van der Waals surface area (Å²) in [6, 6.07) is 8.65. The van der Waals surface area contributed by atoms with Crippen molar-refractivity contribution in [1.82, 2.24) is 0 Å². The minimum absolute atomic E-state index is 0.0727. The first-order chi connectivity index (χ1) is 9.00. The first-order valence-corrected chi connectivity index (χ1v) is 7.84. The van der Waals surface area contributed by atoms with Crippen LogP contribution in [0.4, 0.5) is 5.69 Å². The third-order valence-corrected chi connectivity index (χ3v) is 4.90. The van der Waals surface area contributed by atoms with E-state index in [0.29, 0.717) is 24.1 Å². The lowest BCUT2D eigenvalue weighted by molar-refractivity contribution is -0.120. The van der Waals surface area contributed by atoms with Crippen LogP contribution in [0.15, 0.2) is 24.3 Å². The van der Waals surface area contributed by atoms with Gasteiger partial charge in [-0.25, -0.2) is 8.42 Å². The molecule has 0 atom stereocenters. The van der Waals surface area contributed by atoms with Crippen molar-refractivity contribution in [3.8, 4) is 6.07 Å².